The number of nitrogens with zero attached hydrogens (tertiary/aromatic N) is 4. The number of anilines is 2. The Balaban J connectivity index is 1.19. The topological polar surface area (TPSA) is 114 Å². The summed E-state index contributed by atoms with van der Waals surface area (Å²) in [6, 6.07) is 8.74. The highest BCUT2D eigenvalue weighted by Gasteiger charge is 2.68. The standard InChI is InChI=1S/C26H30N6O2S/c1-24(2)33-19-17(32-7-6-15-21(27)29-13-30-22(15)32)10-26(20(19)34-24)11-25(3,12-26)9-14-4-5-18-16(8-14)31-23(28)35-18/h4-8,13,17,19-20H,9-12H2,1-3H3,(H2,28,31)(H2,27,29,30)/t17-,19+,20+,25-,26-/m1/s1. The number of nitrogens with two attached hydrogens (primary N) is 2. The van der Waals surface area contributed by atoms with E-state index in [9.17, 15) is 0 Å². The Morgan fingerprint density at radius 2 is 1.94 bits per heavy atom. The monoisotopic (exact) mass is 490 g/mol. The average molecular weight is 491 g/mol. The predicted octanol–water partition coefficient (Wildman–Crippen LogP) is 4.70. The smallest absolute Gasteiger partial charge is 0.181 e. The van der Waals surface area contributed by atoms with Crippen LogP contribution < -0.4 is 11.5 Å². The van der Waals surface area contributed by atoms with Crippen LogP contribution in [0.1, 0.15) is 51.6 Å². The average Bonchev–Trinajstić information content (AvgIpc) is 3.49. The van der Waals surface area contributed by atoms with Crippen molar-refractivity contribution < 1.29 is 9.47 Å². The van der Waals surface area contributed by atoms with E-state index in [0.717, 1.165) is 46.9 Å². The van der Waals surface area contributed by atoms with Crippen LogP contribution in [-0.2, 0) is 15.9 Å². The molecule has 9 heteroatoms. The van der Waals surface area contributed by atoms with Gasteiger partial charge in [-0.1, -0.05) is 24.3 Å². The molecule has 8 nitrogen and oxygen atoms in total. The molecule has 4 heterocycles. The Hall–Kier alpha value is -2.75. The number of benzene rings is 1. The lowest BCUT2D eigenvalue weighted by Crippen LogP contribution is -2.52. The summed E-state index contributed by atoms with van der Waals surface area (Å²) in [5, 5.41) is 1.51. The van der Waals surface area contributed by atoms with Crippen LogP contribution in [0.3, 0.4) is 0 Å². The third-order valence-corrected chi connectivity index (χ3v) is 9.15. The van der Waals surface area contributed by atoms with E-state index in [1.807, 2.05) is 19.9 Å². The summed E-state index contributed by atoms with van der Waals surface area (Å²) in [6.07, 6.45) is 7.89. The largest absolute Gasteiger partial charge is 0.383 e. The van der Waals surface area contributed by atoms with Crippen LogP contribution in [0.15, 0.2) is 36.8 Å². The van der Waals surface area contributed by atoms with Crippen molar-refractivity contribution in [3.8, 4) is 0 Å². The molecule has 4 N–H and O–H groups in total. The number of aromatic nitrogens is 4. The van der Waals surface area contributed by atoms with E-state index < -0.39 is 5.79 Å². The SMILES string of the molecule is CC1(C)O[C@H]2[C@H](n3ccc4c(N)ncnc43)C[C@]3(C[C@@](C)(Cc4ccc5sc(N)nc5c4)C3)[C@H]2O1. The lowest BCUT2D eigenvalue weighted by molar-refractivity contribution is -0.191. The van der Waals surface area contributed by atoms with Gasteiger partial charge in [0, 0.05) is 11.6 Å². The minimum absolute atomic E-state index is 0.0179. The molecule has 182 valence electrons. The zero-order chi connectivity index (χ0) is 24.2. The van der Waals surface area contributed by atoms with Crippen LogP contribution in [0.2, 0.25) is 0 Å². The van der Waals surface area contributed by atoms with Crippen molar-refractivity contribution in [2.75, 3.05) is 11.5 Å². The molecule has 35 heavy (non-hydrogen) atoms. The lowest BCUT2D eigenvalue weighted by Gasteiger charge is -2.56. The zero-order valence-corrected chi connectivity index (χ0v) is 21.0. The summed E-state index contributed by atoms with van der Waals surface area (Å²) < 4.78 is 16.5. The normalized spacial score (nSPS) is 33.5. The van der Waals surface area contributed by atoms with Gasteiger partial charge >= 0.3 is 0 Å². The molecule has 3 fully saturated rings. The van der Waals surface area contributed by atoms with Gasteiger partial charge in [0.1, 0.15) is 23.9 Å². The first-order valence-electron chi connectivity index (χ1n) is 12.2. The van der Waals surface area contributed by atoms with E-state index in [1.54, 1.807) is 17.7 Å². The fourth-order valence-electron chi connectivity index (χ4n) is 7.42. The minimum atomic E-state index is -0.598. The highest BCUT2D eigenvalue weighted by atomic mass is 32.1. The first kappa shape index (κ1) is 21.5. The molecule has 0 unspecified atom stereocenters. The van der Waals surface area contributed by atoms with Gasteiger partial charge in [-0.25, -0.2) is 15.0 Å². The summed E-state index contributed by atoms with van der Waals surface area (Å²) in [7, 11) is 0. The quantitative estimate of drug-likeness (QED) is 0.428. The van der Waals surface area contributed by atoms with Crippen molar-refractivity contribution in [1.29, 1.82) is 0 Å². The molecule has 0 radical (unpaired) electrons. The van der Waals surface area contributed by atoms with Crippen molar-refractivity contribution in [1.82, 2.24) is 19.5 Å². The Labute approximate surface area is 207 Å². The van der Waals surface area contributed by atoms with Crippen LogP contribution in [0.4, 0.5) is 10.9 Å². The van der Waals surface area contributed by atoms with Crippen molar-refractivity contribution in [2.24, 2.45) is 10.8 Å². The molecule has 1 spiro atoms. The molecule has 1 saturated heterocycles. The molecular formula is C26H30N6O2S. The van der Waals surface area contributed by atoms with Crippen LogP contribution in [0, 0.1) is 10.8 Å². The molecule has 7 rings (SSSR count). The summed E-state index contributed by atoms with van der Waals surface area (Å²) >= 11 is 1.54. The second-order valence-corrected chi connectivity index (χ2v) is 12.6. The fraction of sp³-hybridized carbons (Fsp3) is 0.500. The molecule has 2 saturated carbocycles. The van der Waals surface area contributed by atoms with Gasteiger partial charge in [0.25, 0.3) is 0 Å². The van der Waals surface area contributed by atoms with Crippen LogP contribution >= 0.6 is 11.3 Å². The van der Waals surface area contributed by atoms with E-state index >= 15 is 0 Å². The molecule has 1 aromatic carbocycles. The molecule has 0 amide bonds. The molecular weight excluding hydrogens is 460 g/mol. The lowest BCUT2D eigenvalue weighted by atomic mass is 9.50. The third kappa shape index (κ3) is 3.21. The van der Waals surface area contributed by atoms with E-state index in [1.165, 1.54) is 5.56 Å². The summed E-state index contributed by atoms with van der Waals surface area (Å²) in [4.78, 5) is 13.2. The molecule has 0 bridgehead atoms. The second kappa shape index (κ2) is 6.93. The van der Waals surface area contributed by atoms with Gasteiger partial charge in [0.15, 0.2) is 10.9 Å². The molecule has 3 aromatic heterocycles. The van der Waals surface area contributed by atoms with Crippen LogP contribution in [0.25, 0.3) is 21.3 Å². The predicted molar refractivity (Wildman–Crippen MR) is 137 cm³/mol. The Kier molecular flexibility index (Phi) is 4.26. The van der Waals surface area contributed by atoms with Gasteiger partial charge < -0.3 is 25.5 Å². The van der Waals surface area contributed by atoms with E-state index in [-0.39, 0.29) is 29.1 Å². The maximum absolute atomic E-state index is 6.58. The minimum Gasteiger partial charge on any atom is -0.383 e. The highest BCUT2D eigenvalue weighted by Crippen LogP contribution is 2.68. The van der Waals surface area contributed by atoms with Gasteiger partial charge in [-0.3, -0.25) is 0 Å². The molecule has 1 aliphatic heterocycles. The van der Waals surface area contributed by atoms with Gasteiger partial charge in [-0.2, -0.15) is 0 Å². The molecule has 4 aromatic rings. The second-order valence-electron chi connectivity index (χ2n) is 11.6. The maximum Gasteiger partial charge on any atom is 0.181 e. The van der Waals surface area contributed by atoms with Crippen molar-refractivity contribution in [2.45, 2.75) is 70.5 Å². The van der Waals surface area contributed by atoms with Crippen molar-refractivity contribution in [3.05, 3.63) is 42.4 Å². The number of hydrogen-bond donors (Lipinski definition) is 2. The van der Waals surface area contributed by atoms with E-state index in [2.05, 4.69) is 50.8 Å². The van der Waals surface area contributed by atoms with Gasteiger partial charge in [-0.15, -0.1) is 0 Å². The Morgan fingerprint density at radius 1 is 1.11 bits per heavy atom. The number of thiazole rings is 1. The van der Waals surface area contributed by atoms with Gasteiger partial charge in [-0.05, 0) is 68.7 Å². The molecule has 3 aliphatic rings. The summed E-state index contributed by atoms with van der Waals surface area (Å²) in [6.45, 7) is 6.45. The van der Waals surface area contributed by atoms with E-state index in [4.69, 9.17) is 20.9 Å². The summed E-state index contributed by atoms with van der Waals surface area (Å²) in [5.41, 5.74) is 15.5. The third-order valence-electron chi connectivity index (χ3n) is 8.28. The van der Waals surface area contributed by atoms with Gasteiger partial charge in [0.2, 0.25) is 0 Å². The number of nitrogen functional groups attached to an aromatic ring is 2. The number of ether oxygens (including phenoxy) is 2. The Bertz CT molecular complexity index is 1470. The molecule has 3 atom stereocenters. The number of rotatable bonds is 3. The van der Waals surface area contributed by atoms with Crippen molar-refractivity contribution >= 4 is 43.5 Å². The van der Waals surface area contributed by atoms with Crippen LogP contribution in [-0.4, -0.2) is 37.5 Å². The molecule has 2 aliphatic carbocycles. The Morgan fingerprint density at radius 3 is 2.77 bits per heavy atom. The number of fused-ring (bicyclic) bond motifs is 4. The van der Waals surface area contributed by atoms with E-state index in [0.29, 0.717) is 10.9 Å². The highest BCUT2D eigenvalue weighted by molar-refractivity contribution is 7.22. The number of hydrogen-bond acceptors (Lipinski definition) is 8. The first-order chi connectivity index (χ1) is 16.6. The van der Waals surface area contributed by atoms with Crippen LogP contribution in [0.5, 0.6) is 0 Å². The van der Waals surface area contributed by atoms with Crippen molar-refractivity contribution in [3.63, 3.8) is 0 Å². The fourth-order valence-corrected chi connectivity index (χ4v) is 8.13. The van der Waals surface area contributed by atoms with Gasteiger partial charge in [0.05, 0.1) is 27.7 Å². The zero-order valence-electron chi connectivity index (χ0n) is 20.2. The maximum atomic E-state index is 6.58. The summed E-state index contributed by atoms with van der Waals surface area (Å²) in [5.74, 6) is -0.0866. The first-order valence-corrected chi connectivity index (χ1v) is 13.0.